The Morgan fingerprint density at radius 1 is 1.37 bits per heavy atom. The average Bonchev–Trinajstić information content (AvgIpc) is 2.71. The summed E-state index contributed by atoms with van der Waals surface area (Å²) >= 11 is 1.95. The Balaban J connectivity index is 1.89. The van der Waals surface area contributed by atoms with Gasteiger partial charge < -0.3 is 9.64 Å². The quantitative estimate of drug-likeness (QED) is 0.849. The predicted octanol–water partition coefficient (Wildman–Crippen LogP) is 2.73. The van der Waals surface area contributed by atoms with Crippen LogP contribution >= 0.6 is 11.8 Å². The Morgan fingerprint density at radius 2 is 2.16 bits per heavy atom. The molecule has 3 nitrogen and oxygen atoms in total. The Kier molecular flexibility index (Phi) is 5.73. The molecule has 104 valence electrons. The summed E-state index contributed by atoms with van der Waals surface area (Å²) in [6.07, 6.45) is 1.02. The topological polar surface area (TPSA) is 29.5 Å². The average molecular weight is 279 g/mol. The standard InChI is InChI=1S/C15H21NO2S/c1-2-18-12-15(17)16-9-8-14(19-11-10-16)13-6-4-3-5-7-13/h3-7,14H,2,8-12H2,1H3. The van der Waals surface area contributed by atoms with E-state index in [-0.39, 0.29) is 12.5 Å². The van der Waals surface area contributed by atoms with Crippen molar-refractivity contribution in [3.63, 3.8) is 0 Å². The van der Waals surface area contributed by atoms with Crippen molar-refractivity contribution < 1.29 is 9.53 Å². The minimum absolute atomic E-state index is 0.121. The molecule has 1 unspecified atom stereocenters. The summed E-state index contributed by atoms with van der Waals surface area (Å²) in [4.78, 5) is 13.9. The van der Waals surface area contributed by atoms with Crippen LogP contribution in [0, 0.1) is 0 Å². The van der Waals surface area contributed by atoms with Crippen molar-refractivity contribution in [3.8, 4) is 0 Å². The van der Waals surface area contributed by atoms with E-state index in [0.717, 1.165) is 25.3 Å². The lowest BCUT2D eigenvalue weighted by atomic mass is 10.1. The number of rotatable bonds is 4. The molecule has 1 saturated heterocycles. The lowest BCUT2D eigenvalue weighted by Crippen LogP contribution is -2.35. The van der Waals surface area contributed by atoms with Gasteiger partial charge in [0.1, 0.15) is 6.61 Å². The number of nitrogens with zero attached hydrogens (tertiary/aromatic N) is 1. The zero-order valence-corrected chi connectivity index (χ0v) is 12.2. The van der Waals surface area contributed by atoms with Crippen molar-refractivity contribution in [2.24, 2.45) is 0 Å². The SMILES string of the molecule is CCOCC(=O)N1CCSC(c2ccccc2)CC1. The van der Waals surface area contributed by atoms with Crippen LogP contribution in [-0.2, 0) is 9.53 Å². The summed E-state index contributed by atoms with van der Waals surface area (Å²) < 4.78 is 5.20. The van der Waals surface area contributed by atoms with Gasteiger partial charge in [-0.1, -0.05) is 30.3 Å². The smallest absolute Gasteiger partial charge is 0.248 e. The molecule has 0 radical (unpaired) electrons. The maximum atomic E-state index is 11.9. The molecule has 2 rings (SSSR count). The van der Waals surface area contributed by atoms with E-state index in [4.69, 9.17) is 4.74 Å². The first-order valence-corrected chi connectivity index (χ1v) is 7.88. The Bertz CT molecular complexity index is 396. The molecule has 1 amide bonds. The van der Waals surface area contributed by atoms with E-state index in [2.05, 4.69) is 24.3 Å². The van der Waals surface area contributed by atoms with Gasteiger partial charge in [-0.15, -0.1) is 0 Å². The van der Waals surface area contributed by atoms with Crippen LogP contribution in [0.5, 0.6) is 0 Å². The fourth-order valence-electron chi connectivity index (χ4n) is 2.23. The van der Waals surface area contributed by atoms with Crippen molar-refractivity contribution >= 4 is 17.7 Å². The second-order valence-electron chi connectivity index (χ2n) is 4.58. The molecule has 1 atom stereocenters. The summed E-state index contributed by atoms with van der Waals surface area (Å²) in [7, 11) is 0. The molecule has 0 aliphatic carbocycles. The summed E-state index contributed by atoms with van der Waals surface area (Å²) in [6.45, 7) is 4.40. The van der Waals surface area contributed by atoms with E-state index in [1.807, 2.05) is 29.7 Å². The van der Waals surface area contributed by atoms with Crippen LogP contribution in [0.25, 0.3) is 0 Å². The van der Waals surface area contributed by atoms with Crippen molar-refractivity contribution in [3.05, 3.63) is 35.9 Å². The van der Waals surface area contributed by atoms with Crippen LogP contribution in [0.2, 0.25) is 0 Å². The summed E-state index contributed by atoms with van der Waals surface area (Å²) in [5.41, 5.74) is 1.37. The Labute approximate surface area is 119 Å². The van der Waals surface area contributed by atoms with Gasteiger partial charge in [0.15, 0.2) is 0 Å². The van der Waals surface area contributed by atoms with Crippen LogP contribution in [0.15, 0.2) is 30.3 Å². The normalized spacial score (nSPS) is 20.1. The first kappa shape index (κ1) is 14.4. The third-order valence-corrected chi connectivity index (χ3v) is 4.62. The molecule has 0 aromatic heterocycles. The molecular weight excluding hydrogens is 258 g/mol. The highest BCUT2D eigenvalue weighted by Crippen LogP contribution is 2.34. The van der Waals surface area contributed by atoms with Gasteiger partial charge >= 0.3 is 0 Å². The molecule has 0 saturated carbocycles. The van der Waals surface area contributed by atoms with Gasteiger partial charge in [0.05, 0.1) is 0 Å². The maximum Gasteiger partial charge on any atom is 0.248 e. The highest BCUT2D eigenvalue weighted by atomic mass is 32.2. The van der Waals surface area contributed by atoms with Crippen molar-refractivity contribution in [2.45, 2.75) is 18.6 Å². The van der Waals surface area contributed by atoms with Crippen LogP contribution in [-0.4, -0.2) is 42.9 Å². The number of hydrogen-bond acceptors (Lipinski definition) is 3. The molecular formula is C15H21NO2S. The molecule has 19 heavy (non-hydrogen) atoms. The van der Waals surface area contributed by atoms with Crippen LogP contribution < -0.4 is 0 Å². The third-order valence-electron chi connectivity index (χ3n) is 3.30. The second kappa shape index (κ2) is 7.56. The predicted molar refractivity (Wildman–Crippen MR) is 79.3 cm³/mol. The maximum absolute atomic E-state index is 11.9. The van der Waals surface area contributed by atoms with Crippen molar-refractivity contribution in [1.82, 2.24) is 4.90 Å². The van der Waals surface area contributed by atoms with Gasteiger partial charge in [-0.25, -0.2) is 0 Å². The number of hydrogen-bond donors (Lipinski definition) is 0. The highest BCUT2D eigenvalue weighted by Gasteiger charge is 2.21. The number of benzene rings is 1. The van der Waals surface area contributed by atoms with E-state index < -0.39 is 0 Å². The van der Waals surface area contributed by atoms with Crippen molar-refractivity contribution in [1.29, 1.82) is 0 Å². The van der Waals surface area contributed by atoms with Crippen LogP contribution in [0.4, 0.5) is 0 Å². The molecule has 0 spiro atoms. The fraction of sp³-hybridized carbons (Fsp3) is 0.533. The first-order chi connectivity index (χ1) is 9.31. The zero-order chi connectivity index (χ0) is 13.5. The summed E-state index contributed by atoms with van der Waals surface area (Å²) in [6, 6.07) is 10.6. The molecule has 4 heteroatoms. The number of carbonyl (C=O) groups excluding carboxylic acids is 1. The molecule has 0 N–H and O–H groups in total. The lowest BCUT2D eigenvalue weighted by molar-refractivity contribution is -0.135. The fourth-order valence-corrected chi connectivity index (χ4v) is 3.47. The molecule has 1 aromatic rings. The molecule has 0 bridgehead atoms. The monoisotopic (exact) mass is 279 g/mol. The first-order valence-electron chi connectivity index (χ1n) is 6.83. The van der Waals surface area contributed by atoms with Gasteiger partial charge in [-0.2, -0.15) is 11.8 Å². The molecule has 1 fully saturated rings. The highest BCUT2D eigenvalue weighted by molar-refractivity contribution is 7.99. The molecule has 1 aliphatic rings. The molecule has 1 aromatic carbocycles. The van der Waals surface area contributed by atoms with E-state index >= 15 is 0 Å². The van der Waals surface area contributed by atoms with E-state index in [0.29, 0.717) is 11.9 Å². The largest absolute Gasteiger partial charge is 0.372 e. The van der Waals surface area contributed by atoms with Gasteiger partial charge in [0.25, 0.3) is 0 Å². The van der Waals surface area contributed by atoms with Crippen LogP contribution in [0.3, 0.4) is 0 Å². The van der Waals surface area contributed by atoms with Gasteiger partial charge in [0.2, 0.25) is 5.91 Å². The van der Waals surface area contributed by atoms with E-state index in [1.165, 1.54) is 5.56 Å². The zero-order valence-electron chi connectivity index (χ0n) is 11.4. The van der Waals surface area contributed by atoms with E-state index in [9.17, 15) is 4.79 Å². The third kappa shape index (κ3) is 4.25. The molecule has 1 heterocycles. The van der Waals surface area contributed by atoms with Crippen molar-refractivity contribution in [2.75, 3.05) is 32.1 Å². The summed E-state index contributed by atoms with van der Waals surface area (Å²) in [5, 5.41) is 0.506. The number of amides is 1. The van der Waals surface area contributed by atoms with Gasteiger partial charge in [-0.3, -0.25) is 4.79 Å². The number of thioether (sulfide) groups is 1. The number of carbonyl (C=O) groups is 1. The van der Waals surface area contributed by atoms with Crippen LogP contribution in [0.1, 0.15) is 24.2 Å². The second-order valence-corrected chi connectivity index (χ2v) is 5.89. The number of ether oxygens (including phenoxy) is 1. The Hall–Kier alpha value is -1.00. The Morgan fingerprint density at radius 3 is 2.89 bits per heavy atom. The minimum Gasteiger partial charge on any atom is -0.372 e. The minimum atomic E-state index is 0.121. The van der Waals surface area contributed by atoms with Gasteiger partial charge in [-0.05, 0) is 18.9 Å². The summed E-state index contributed by atoms with van der Waals surface area (Å²) in [5.74, 6) is 1.12. The molecule has 1 aliphatic heterocycles. The van der Waals surface area contributed by atoms with E-state index in [1.54, 1.807) is 0 Å². The lowest BCUT2D eigenvalue weighted by Gasteiger charge is -2.20. The van der Waals surface area contributed by atoms with Gasteiger partial charge in [0, 0.05) is 30.7 Å².